The van der Waals surface area contributed by atoms with Crippen LogP contribution in [0.2, 0.25) is 0 Å². The van der Waals surface area contributed by atoms with E-state index in [-0.39, 0.29) is 75.0 Å². The van der Waals surface area contributed by atoms with Crippen molar-refractivity contribution in [1.29, 1.82) is 0 Å². The molecule has 4 aromatic rings. The molecule has 0 saturated carbocycles. The first-order valence-corrected chi connectivity index (χ1v) is 32.6. The summed E-state index contributed by atoms with van der Waals surface area (Å²) in [6, 6.07) is 23.5. The van der Waals surface area contributed by atoms with Gasteiger partial charge in [0.05, 0.1) is 0 Å². The Kier molecular flexibility index (Phi) is 29.1. The number of carbonyl (C=O) groups is 10. The van der Waals surface area contributed by atoms with Gasteiger partial charge in [-0.15, -0.1) is 0 Å². The van der Waals surface area contributed by atoms with Crippen LogP contribution in [-0.4, -0.2) is 143 Å². The van der Waals surface area contributed by atoms with E-state index in [4.69, 9.17) is 0 Å². The fourth-order valence-corrected chi connectivity index (χ4v) is 11.3. The van der Waals surface area contributed by atoms with Gasteiger partial charge in [-0.3, -0.25) is 47.9 Å². The Morgan fingerprint density at radius 2 is 0.489 bits per heavy atom. The summed E-state index contributed by atoms with van der Waals surface area (Å²) in [5.74, 6) is -8.60. The lowest BCUT2D eigenvalue weighted by atomic mass is 9.96. The first-order chi connectivity index (χ1) is 43.5. The highest BCUT2D eigenvalue weighted by Gasteiger charge is 2.41. The van der Waals surface area contributed by atoms with Gasteiger partial charge in [0.25, 0.3) is 0 Å². The molecule has 1 aliphatic heterocycles. The second-order valence-corrected chi connectivity index (χ2v) is 27.0. The van der Waals surface area contributed by atoms with Crippen LogP contribution in [0, 0.1) is 35.5 Å². The number of likely N-dealkylation sites (N-methyl/N-ethyl adjacent to an activating group) is 2. The zero-order valence-corrected chi connectivity index (χ0v) is 56.4. The van der Waals surface area contributed by atoms with E-state index >= 15 is 19.2 Å². The van der Waals surface area contributed by atoms with Crippen LogP contribution in [0.5, 0.6) is 0 Å². The fraction of sp³-hybridized carbons (Fsp3) is 0.528. The Balaban J connectivity index is 1.69. The fourth-order valence-electron chi connectivity index (χ4n) is 11.3. The van der Waals surface area contributed by atoms with Gasteiger partial charge >= 0.3 is 0 Å². The maximum atomic E-state index is 15.2. The van der Waals surface area contributed by atoms with Crippen LogP contribution in [-0.2, 0) is 73.6 Å². The molecular weight excluding hydrogens is 1160 g/mol. The highest BCUT2D eigenvalue weighted by atomic mass is 16.2. The average Bonchev–Trinajstić information content (AvgIpc) is 0.952. The molecule has 92 heavy (non-hydrogen) atoms. The third-order valence-corrected chi connectivity index (χ3v) is 16.4. The van der Waals surface area contributed by atoms with E-state index in [1.165, 1.54) is 23.9 Å². The number of nitrogens with one attached hydrogen (secondary N) is 8. The minimum atomic E-state index is -1.31. The van der Waals surface area contributed by atoms with Crippen LogP contribution in [0.15, 0.2) is 121 Å². The molecule has 8 N–H and O–H groups in total. The van der Waals surface area contributed by atoms with Gasteiger partial charge in [-0.05, 0) is 83.4 Å². The van der Waals surface area contributed by atoms with Gasteiger partial charge in [0.1, 0.15) is 60.4 Å². The number of hydrogen-bond acceptors (Lipinski definition) is 10. The van der Waals surface area contributed by atoms with Crippen molar-refractivity contribution in [2.75, 3.05) is 14.1 Å². The molecule has 20 nitrogen and oxygen atoms in total. The molecule has 4 aromatic carbocycles. The van der Waals surface area contributed by atoms with Gasteiger partial charge in [-0.2, -0.15) is 0 Å². The van der Waals surface area contributed by atoms with Crippen molar-refractivity contribution in [1.82, 2.24) is 52.3 Å². The molecule has 20 heteroatoms. The molecule has 0 unspecified atom stereocenters. The van der Waals surface area contributed by atoms with Gasteiger partial charge in [-0.25, -0.2) is 0 Å². The summed E-state index contributed by atoms with van der Waals surface area (Å²) in [5, 5.41) is 23.3. The predicted molar refractivity (Wildman–Crippen MR) is 357 cm³/mol. The average molecular weight is 1270 g/mol. The van der Waals surface area contributed by atoms with Gasteiger partial charge in [0.2, 0.25) is 59.1 Å². The van der Waals surface area contributed by atoms with Crippen LogP contribution >= 0.6 is 0 Å². The van der Waals surface area contributed by atoms with Crippen LogP contribution in [0.4, 0.5) is 0 Å². The number of rotatable bonds is 18. The Hall–Kier alpha value is -8.42. The van der Waals surface area contributed by atoms with Crippen molar-refractivity contribution < 1.29 is 47.9 Å². The Morgan fingerprint density at radius 3 is 0.717 bits per heavy atom. The molecule has 0 aliphatic carbocycles. The zero-order chi connectivity index (χ0) is 67.9. The number of amides is 10. The summed E-state index contributed by atoms with van der Waals surface area (Å²) in [6.07, 6.45) is 0.408. The largest absolute Gasteiger partial charge is 0.343 e. The van der Waals surface area contributed by atoms with Crippen LogP contribution in [0.25, 0.3) is 0 Å². The molecule has 0 spiro atoms. The van der Waals surface area contributed by atoms with Crippen molar-refractivity contribution >= 4 is 59.1 Å². The minimum Gasteiger partial charge on any atom is -0.343 e. The molecule has 10 amide bonds. The second-order valence-electron chi connectivity index (χ2n) is 27.0. The van der Waals surface area contributed by atoms with Crippen molar-refractivity contribution in [3.05, 3.63) is 144 Å². The van der Waals surface area contributed by atoms with Gasteiger partial charge in [0, 0.05) is 39.8 Å². The monoisotopic (exact) mass is 1270 g/mol. The third-order valence-electron chi connectivity index (χ3n) is 16.4. The summed E-state index contributed by atoms with van der Waals surface area (Å²) in [4.78, 5) is 152. The summed E-state index contributed by atoms with van der Waals surface area (Å²) in [6.45, 7) is 22.0. The van der Waals surface area contributed by atoms with Crippen molar-refractivity contribution in [2.45, 2.75) is 195 Å². The molecule has 1 fully saturated rings. The molecule has 0 aromatic heterocycles. The van der Waals surface area contributed by atoms with E-state index in [0.29, 0.717) is 22.3 Å². The number of nitrogens with zero attached hydrogens (tertiary/aromatic N) is 2. The molecular formula is C72H102N10O10. The Morgan fingerprint density at radius 1 is 0.283 bits per heavy atom. The lowest BCUT2D eigenvalue weighted by Crippen LogP contribution is -2.63. The van der Waals surface area contributed by atoms with Crippen LogP contribution < -0.4 is 42.5 Å². The highest BCUT2D eigenvalue weighted by Crippen LogP contribution is 2.20. The lowest BCUT2D eigenvalue weighted by Gasteiger charge is -2.35. The SMILES string of the molecule is CC(C)C[C@@H]1NC(=O)[C@H](Cc2ccccc2)NC(=O)[C@@H](Cc2ccccc2)N(C)C(=O)[C@@H](C(C)C)NC(=O)[C@H](CC(C)C)NC(=O)[C@H](CC(C)C)NC(=O)[C@H](Cc2ccccc2)NC(=O)[C@@H](Cc2ccccc2)N(C)C(=O)[C@@H](C(C)C)NC(=O)[C@H](CC(C)C)NC1=O. The lowest BCUT2D eigenvalue weighted by molar-refractivity contribution is -0.144. The summed E-state index contributed by atoms with van der Waals surface area (Å²) in [7, 11) is 2.92. The summed E-state index contributed by atoms with van der Waals surface area (Å²) >= 11 is 0. The maximum absolute atomic E-state index is 15.2. The highest BCUT2D eigenvalue weighted by molar-refractivity contribution is 6.00. The first kappa shape index (κ1) is 74.3. The van der Waals surface area contributed by atoms with Gasteiger partial charge in [-0.1, -0.05) is 204 Å². The summed E-state index contributed by atoms with van der Waals surface area (Å²) in [5.41, 5.74) is 2.73. The van der Waals surface area contributed by atoms with E-state index in [1.807, 2.05) is 79.7 Å². The molecule has 0 radical (unpaired) electrons. The van der Waals surface area contributed by atoms with E-state index in [0.717, 1.165) is 0 Å². The Bertz CT molecular complexity index is 2870. The Labute approximate surface area is 545 Å². The van der Waals surface area contributed by atoms with Crippen LogP contribution in [0.1, 0.15) is 131 Å². The van der Waals surface area contributed by atoms with Crippen molar-refractivity contribution in [2.24, 2.45) is 35.5 Å². The smallest absolute Gasteiger partial charge is 0.245 e. The molecule has 10 atom stereocenters. The zero-order valence-electron chi connectivity index (χ0n) is 56.4. The van der Waals surface area contributed by atoms with E-state index in [9.17, 15) is 28.8 Å². The molecule has 1 saturated heterocycles. The van der Waals surface area contributed by atoms with E-state index in [2.05, 4.69) is 42.5 Å². The second kappa shape index (κ2) is 36.0. The van der Waals surface area contributed by atoms with E-state index < -0.39 is 131 Å². The van der Waals surface area contributed by atoms with Gasteiger partial charge < -0.3 is 52.3 Å². The molecule has 0 bridgehead atoms. The number of carbonyl (C=O) groups excluding carboxylic acids is 10. The summed E-state index contributed by atoms with van der Waals surface area (Å²) < 4.78 is 0. The maximum Gasteiger partial charge on any atom is 0.245 e. The van der Waals surface area contributed by atoms with Crippen molar-refractivity contribution in [3.8, 4) is 0 Å². The van der Waals surface area contributed by atoms with Gasteiger partial charge in [0.15, 0.2) is 0 Å². The molecule has 1 heterocycles. The normalized spacial score (nSPS) is 23.8. The number of benzene rings is 4. The van der Waals surface area contributed by atoms with Crippen LogP contribution in [0.3, 0.4) is 0 Å². The molecule has 5 rings (SSSR count). The first-order valence-electron chi connectivity index (χ1n) is 32.6. The molecule has 1 aliphatic rings. The third kappa shape index (κ3) is 23.1. The standard InChI is InChI=1S/C72H102N10O10/c1-43(2)35-53-63(83)75-55(37-45(5)6)67(87)79-61(47(9)10)71(91)82(14)60(42-52-33-25-18-26-34-52)70(90)78-58(40-50-29-21-16-22-30-50)66(86)74-54(36-44(3)4)64(84)76-56(38-46(7)8)68(88)80-62(48(11)12)72(92)81(13)59(41-51-31-23-17-24-32-51)69(89)77-57(65(85)73-53)39-49-27-19-15-20-28-49/h15-34,43-48,53-62H,35-42H2,1-14H3,(H,73,85)(H,74,86)(H,75,83)(H,76,84)(H,77,89)(H,78,90)(H,79,87)(H,80,88)/t53-,54-,55-,56-,57-,58-,59+,60+,61+,62+/m0/s1. The minimum absolute atomic E-state index is 0.0102. The van der Waals surface area contributed by atoms with Crippen molar-refractivity contribution in [3.63, 3.8) is 0 Å². The topological polar surface area (TPSA) is 273 Å². The quantitative estimate of drug-likeness (QED) is 0.0576. The predicted octanol–water partition coefficient (Wildman–Crippen LogP) is 6.00. The molecule has 500 valence electrons. The number of hydrogen-bond donors (Lipinski definition) is 8. The van der Waals surface area contributed by atoms with E-state index in [1.54, 1.807) is 125 Å².